The van der Waals surface area contributed by atoms with Gasteiger partial charge in [-0.2, -0.15) is 5.06 Å². The van der Waals surface area contributed by atoms with Crippen molar-refractivity contribution < 1.29 is 34.2 Å². The highest BCUT2D eigenvalue weighted by Crippen LogP contribution is 2.21. The Hall–Kier alpha value is -2.94. The summed E-state index contributed by atoms with van der Waals surface area (Å²) in [5.74, 6) is -2.95. The Morgan fingerprint density at radius 1 is 1.16 bits per heavy atom. The van der Waals surface area contributed by atoms with Crippen molar-refractivity contribution in [1.29, 1.82) is 0 Å². The Morgan fingerprint density at radius 3 is 2.04 bits per heavy atom. The van der Waals surface area contributed by atoms with Crippen LogP contribution in [0.5, 0.6) is 0 Å². The first-order valence-electron chi connectivity index (χ1n) is 7.34. The van der Waals surface area contributed by atoms with Crippen molar-refractivity contribution in [2.45, 2.75) is 39.2 Å². The van der Waals surface area contributed by atoms with Gasteiger partial charge in [0, 0.05) is 18.5 Å². The van der Waals surface area contributed by atoms with E-state index in [9.17, 15) is 19.2 Å². The van der Waals surface area contributed by atoms with E-state index < -0.39 is 29.4 Å². The van der Waals surface area contributed by atoms with Gasteiger partial charge < -0.3 is 15.6 Å². The Labute approximate surface area is 143 Å². The molecule has 0 atom stereocenters. The molecule has 0 aliphatic carbocycles. The zero-order valence-corrected chi connectivity index (χ0v) is 14.1. The first-order valence-corrected chi connectivity index (χ1v) is 7.34. The number of nitrogen functional groups attached to an aromatic ring is 1. The molecule has 0 radical (unpaired) electrons. The van der Waals surface area contributed by atoms with Crippen LogP contribution < -0.4 is 5.73 Å². The van der Waals surface area contributed by atoms with Crippen LogP contribution in [-0.4, -0.2) is 44.7 Å². The summed E-state index contributed by atoms with van der Waals surface area (Å²) in [7, 11) is 0. The van der Waals surface area contributed by atoms with Gasteiger partial charge in [0.1, 0.15) is 5.60 Å². The topological polar surface area (TPSA) is 147 Å². The number of nitrogens with zero attached hydrogens (tertiary/aromatic N) is 1. The number of ether oxygens (including phenoxy) is 1. The lowest BCUT2D eigenvalue weighted by atomic mass is 10.1. The minimum absolute atomic E-state index is 0.0964. The third-order valence-corrected chi connectivity index (χ3v) is 2.96. The summed E-state index contributed by atoms with van der Waals surface area (Å²) in [6.07, 6.45) is 0.296. The summed E-state index contributed by atoms with van der Waals surface area (Å²) >= 11 is 0. The second-order valence-corrected chi connectivity index (χ2v) is 6.18. The quantitative estimate of drug-likeness (QED) is 0.313. The standard InChI is InChI=1S/C12H15NO4.C4H5NO3/c1-12(2,3)17-11(16)9-7(10(14)15)5-4-6-8(9)13;6-3-1-2-4(7)5(3)8/h4-6H,13H2,1-3H3,(H,14,15);8H,1-2H2. The Bertz CT molecular complexity index is 691. The lowest BCUT2D eigenvalue weighted by Gasteiger charge is -2.20. The number of carboxylic acids is 1. The van der Waals surface area contributed by atoms with E-state index in [4.69, 9.17) is 20.8 Å². The third-order valence-electron chi connectivity index (χ3n) is 2.96. The summed E-state index contributed by atoms with van der Waals surface area (Å²) in [4.78, 5) is 43.3. The second kappa shape index (κ2) is 7.75. The highest BCUT2D eigenvalue weighted by atomic mass is 16.6. The largest absolute Gasteiger partial charge is 0.478 e. The molecule has 0 bridgehead atoms. The molecule has 0 spiro atoms. The van der Waals surface area contributed by atoms with Crippen molar-refractivity contribution in [3.63, 3.8) is 0 Å². The number of carbonyl (C=O) groups is 4. The van der Waals surface area contributed by atoms with Gasteiger partial charge in [0.05, 0.1) is 11.1 Å². The van der Waals surface area contributed by atoms with Crippen molar-refractivity contribution in [2.24, 2.45) is 0 Å². The smallest absolute Gasteiger partial charge is 0.341 e. The summed E-state index contributed by atoms with van der Waals surface area (Å²) in [6, 6.07) is 4.26. The van der Waals surface area contributed by atoms with Crippen LogP contribution in [0.3, 0.4) is 0 Å². The van der Waals surface area contributed by atoms with Crippen molar-refractivity contribution in [3.05, 3.63) is 29.3 Å². The number of carboxylic acid groups (broad SMARTS) is 1. The number of anilines is 1. The predicted molar refractivity (Wildman–Crippen MR) is 85.9 cm³/mol. The van der Waals surface area contributed by atoms with Gasteiger partial charge in [-0.1, -0.05) is 6.07 Å². The van der Waals surface area contributed by atoms with Crippen LogP contribution in [0, 0.1) is 0 Å². The first kappa shape index (κ1) is 20.1. The molecule has 2 amide bonds. The fourth-order valence-electron chi connectivity index (χ4n) is 1.87. The van der Waals surface area contributed by atoms with Crippen molar-refractivity contribution in [3.8, 4) is 0 Å². The summed E-state index contributed by atoms with van der Waals surface area (Å²) in [5, 5.41) is 17.5. The number of hydrogen-bond acceptors (Lipinski definition) is 7. The lowest BCUT2D eigenvalue weighted by Crippen LogP contribution is -2.25. The molecule has 0 aromatic heterocycles. The minimum Gasteiger partial charge on any atom is -0.478 e. The summed E-state index contributed by atoms with van der Waals surface area (Å²) < 4.78 is 5.11. The number of nitrogens with two attached hydrogens (primary N) is 1. The predicted octanol–water partition coefficient (Wildman–Crippen LogP) is 1.45. The van der Waals surface area contributed by atoms with Gasteiger partial charge in [0.2, 0.25) is 0 Å². The van der Waals surface area contributed by atoms with Crippen LogP contribution in [0.2, 0.25) is 0 Å². The number of imide groups is 1. The van der Waals surface area contributed by atoms with Crippen LogP contribution in [-0.2, 0) is 14.3 Å². The molecule has 1 aromatic carbocycles. The normalized spacial score (nSPS) is 14.0. The molecule has 1 aliphatic rings. The number of amides is 2. The van der Waals surface area contributed by atoms with Crippen molar-refractivity contribution in [2.75, 3.05) is 5.73 Å². The van der Waals surface area contributed by atoms with E-state index in [1.54, 1.807) is 20.8 Å². The van der Waals surface area contributed by atoms with E-state index in [1.165, 1.54) is 18.2 Å². The van der Waals surface area contributed by atoms with E-state index in [0.29, 0.717) is 0 Å². The van der Waals surface area contributed by atoms with Gasteiger partial charge in [0.25, 0.3) is 11.8 Å². The van der Waals surface area contributed by atoms with Gasteiger partial charge in [0.15, 0.2) is 0 Å². The van der Waals surface area contributed by atoms with E-state index in [1.807, 2.05) is 0 Å². The number of carbonyl (C=O) groups excluding carboxylic acids is 3. The first-order chi connectivity index (χ1) is 11.4. The zero-order valence-electron chi connectivity index (χ0n) is 14.1. The van der Waals surface area contributed by atoms with E-state index >= 15 is 0 Å². The van der Waals surface area contributed by atoms with Gasteiger partial charge in [-0.25, -0.2) is 9.59 Å². The van der Waals surface area contributed by atoms with Gasteiger partial charge in [-0.15, -0.1) is 0 Å². The summed E-state index contributed by atoms with van der Waals surface area (Å²) in [6.45, 7) is 5.10. The minimum atomic E-state index is -1.21. The molecule has 1 aliphatic heterocycles. The number of esters is 1. The van der Waals surface area contributed by atoms with Crippen molar-refractivity contribution in [1.82, 2.24) is 5.06 Å². The number of aromatic carboxylic acids is 1. The maximum atomic E-state index is 11.8. The van der Waals surface area contributed by atoms with Crippen molar-refractivity contribution >= 4 is 29.4 Å². The molecule has 9 nitrogen and oxygen atoms in total. The van der Waals surface area contributed by atoms with E-state index in [-0.39, 0.29) is 34.7 Å². The highest BCUT2D eigenvalue weighted by Gasteiger charge is 2.27. The molecule has 1 fully saturated rings. The SMILES string of the molecule is CC(C)(C)OC(=O)c1c(N)cccc1C(=O)O.O=C1CCC(=O)N1O. The molecule has 4 N–H and O–H groups in total. The number of benzene rings is 1. The molecule has 1 aromatic rings. The molecule has 9 heteroatoms. The Morgan fingerprint density at radius 2 is 1.68 bits per heavy atom. The zero-order chi connectivity index (χ0) is 19.4. The number of hydrogen-bond donors (Lipinski definition) is 3. The van der Waals surface area contributed by atoms with Crippen LogP contribution in [0.25, 0.3) is 0 Å². The fraction of sp³-hybridized carbons (Fsp3) is 0.375. The van der Waals surface area contributed by atoms with E-state index in [2.05, 4.69) is 0 Å². The molecule has 0 saturated carbocycles. The molecule has 2 rings (SSSR count). The molecular weight excluding hydrogens is 332 g/mol. The number of rotatable bonds is 2. The maximum Gasteiger partial charge on any atom is 0.341 e. The lowest BCUT2D eigenvalue weighted by molar-refractivity contribution is -0.171. The third kappa shape index (κ3) is 5.57. The molecule has 1 saturated heterocycles. The molecule has 1 heterocycles. The maximum absolute atomic E-state index is 11.8. The summed E-state index contributed by atoms with van der Waals surface area (Å²) in [5.41, 5.74) is 4.76. The van der Waals surface area contributed by atoms with Gasteiger partial charge in [-0.05, 0) is 32.9 Å². The molecule has 25 heavy (non-hydrogen) atoms. The Kier molecular flexibility index (Phi) is 6.24. The monoisotopic (exact) mass is 352 g/mol. The van der Waals surface area contributed by atoms with E-state index in [0.717, 1.165) is 0 Å². The Balaban J connectivity index is 0.000000324. The highest BCUT2D eigenvalue weighted by molar-refractivity contribution is 6.06. The van der Waals surface area contributed by atoms with Gasteiger partial charge >= 0.3 is 11.9 Å². The molecule has 0 unspecified atom stereocenters. The van der Waals surface area contributed by atoms with Crippen LogP contribution in [0.1, 0.15) is 54.3 Å². The van der Waals surface area contributed by atoms with Gasteiger partial charge in [-0.3, -0.25) is 14.8 Å². The van der Waals surface area contributed by atoms with Crippen LogP contribution in [0.4, 0.5) is 5.69 Å². The average Bonchev–Trinajstić information content (AvgIpc) is 2.77. The average molecular weight is 352 g/mol. The molecular formula is C16H20N2O7. The molecule has 136 valence electrons. The number of hydroxylamine groups is 2. The van der Waals surface area contributed by atoms with Crippen LogP contribution >= 0.6 is 0 Å². The van der Waals surface area contributed by atoms with Crippen LogP contribution in [0.15, 0.2) is 18.2 Å². The second-order valence-electron chi connectivity index (χ2n) is 6.18. The fourth-order valence-corrected chi connectivity index (χ4v) is 1.87.